The number of aromatic nitrogens is 5. The molecule has 3 heterocycles. The molecule has 0 radical (unpaired) electrons. The molecule has 1 fully saturated rings. The molecule has 0 aliphatic carbocycles. The van der Waals surface area contributed by atoms with E-state index in [1.807, 2.05) is 12.1 Å². The van der Waals surface area contributed by atoms with Crippen molar-refractivity contribution in [1.29, 1.82) is 0 Å². The molecule has 1 aliphatic rings. The smallest absolute Gasteiger partial charge is 0.200 e. The van der Waals surface area contributed by atoms with E-state index in [0.717, 1.165) is 18.9 Å². The lowest BCUT2D eigenvalue weighted by Gasteiger charge is -2.38. The van der Waals surface area contributed by atoms with E-state index in [-0.39, 0.29) is 0 Å². The highest BCUT2D eigenvalue weighted by molar-refractivity contribution is 5.44. The van der Waals surface area contributed by atoms with Gasteiger partial charge in [-0.1, -0.05) is 13.8 Å². The SMILES string of the molecule is CC1(C)CCCN(c2ccc3nnnn3n2)C1. The molecule has 0 unspecified atom stereocenters. The van der Waals surface area contributed by atoms with Gasteiger partial charge in [-0.3, -0.25) is 0 Å². The van der Waals surface area contributed by atoms with Crippen molar-refractivity contribution < 1.29 is 0 Å². The van der Waals surface area contributed by atoms with Gasteiger partial charge < -0.3 is 4.90 Å². The normalized spacial score (nSPS) is 19.8. The lowest BCUT2D eigenvalue weighted by atomic mass is 9.84. The Morgan fingerprint density at radius 1 is 1.29 bits per heavy atom. The molecule has 0 bridgehead atoms. The second-order valence-corrected chi connectivity index (χ2v) is 5.41. The number of nitrogens with zero attached hydrogens (tertiary/aromatic N) is 6. The summed E-state index contributed by atoms with van der Waals surface area (Å²) in [6.45, 7) is 6.70. The van der Waals surface area contributed by atoms with Crippen molar-refractivity contribution in [2.24, 2.45) is 5.41 Å². The fourth-order valence-electron chi connectivity index (χ4n) is 2.43. The molecule has 2 aromatic rings. The van der Waals surface area contributed by atoms with E-state index in [0.29, 0.717) is 11.1 Å². The minimum Gasteiger partial charge on any atom is -0.355 e. The van der Waals surface area contributed by atoms with Crippen LogP contribution < -0.4 is 4.90 Å². The second-order valence-electron chi connectivity index (χ2n) is 5.41. The third-order valence-corrected chi connectivity index (χ3v) is 3.28. The Labute approximate surface area is 99.6 Å². The Morgan fingerprint density at radius 3 is 3.00 bits per heavy atom. The van der Waals surface area contributed by atoms with Crippen molar-refractivity contribution in [3.63, 3.8) is 0 Å². The van der Waals surface area contributed by atoms with Crippen LogP contribution in [-0.2, 0) is 0 Å². The van der Waals surface area contributed by atoms with Crippen LogP contribution >= 0.6 is 0 Å². The first-order chi connectivity index (χ1) is 8.14. The fraction of sp³-hybridized carbons (Fsp3) is 0.636. The predicted molar refractivity (Wildman–Crippen MR) is 63.8 cm³/mol. The molecule has 1 aliphatic heterocycles. The van der Waals surface area contributed by atoms with Crippen LogP contribution in [0.2, 0.25) is 0 Å². The quantitative estimate of drug-likeness (QED) is 0.738. The molecule has 0 atom stereocenters. The molecule has 3 rings (SSSR count). The molecule has 1 saturated heterocycles. The topological polar surface area (TPSA) is 59.2 Å². The monoisotopic (exact) mass is 232 g/mol. The molecule has 0 amide bonds. The molecule has 0 N–H and O–H groups in total. The number of hydrogen-bond donors (Lipinski definition) is 0. The van der Waals surface area contributed by atoms with Crippen LogP contribution in [0.3, 0.4) is 0 Å². The zero-order chi connectivity index (χ0) is 11.9. The summed E-state index contributed by atoms with van der Waals surface area (Å²) in [6, 6.07) is 3.90. The van der Waals surface area contributed by atoms with E-state index in [1.54, 1.807) is 0 Å². The number of piperidine rings is 1. The molecule has 2 aromatic heterocycles. The van der Waals surface area contributed by atoms with Crippen LogP contribution in [0.25, 0.3) is 5.65 Å². The van der Waals surface area contributed by atoms with E-state index < -0.39 is 0 Å². The number of rotatable bonds is 1. The van der Waals surface area contributed by atoms with Gasteiger partial charge in [0.15, 0.2) is 11.5 Å². The van der Waals surface area contributed by atoms with Gasteiger partial charge in [0.05, 0.1) is 0 Å². The third kappa shape index (κ3) is 1.94. The predicted octanol–water partition coefficient (Wildman–Crippen LogP) is 1.15. The molecule has 6 nitrogen and oxygen atoms in total. The zero-order valence-corrected chi connectivity index (χ0v) is 10.2. The van der Waals surface area contributed by atoms with Gasteiger partial charge in [-0.2, -0.15) is 0 Å². The first kappa shape index (κ1) is 10.4. The van der Waals surface area contributed by atoms with Crippen molar-refractivity contribution >= 4 is 11.5 Å². The first-order valence-electron chi connectivity index (χ1n) is 5.94. The molecule has 0 spiro atoms. The largest absolute Gasteiger partial charge is 0.355 e. The minimum absolute atomic E-state index is 0.357. The van der Waals surface area contributed by atoms with Gasteiger partial charge in [-0.15, -0.1) is 14.8 Å². The first-order valence-corrected chi connectivity index (χ1v) is 5.94. The van der Waals surface area contributed by atoms with E-state index >= 15 is 0 Å². The van der Waals surface area contributed by atoms with Gasteiger partial charge in [0.25, 0.3) is 0 Å². The van der Waals surface area contributed by atoms with Gasteiger partial charge in [0, 0.05) is 13.1 Å². The lowest BCUT2D eigenvalue weighted by Crippen LogP contribution is -2.40. The van der Waals surface area contributed by atoms with Gasteiger partial charge in [0.1, 0.15) is 0 Å². The van der Waals surface area contributed by atoms with Crippen molar-refractivity contribution in [2.45, 2.75) is 26.7 Å². The standard InChI is InChI=1S/C11H16N6/c1-11(2)6-3-7-16(8-11)10-5-4-9-12-14-15-17(9)13-10/h4-5H,3,6-8H2,1-2H3. The maximum Gasteiger partial charge on any atom is 0.200 e. The number of fused-ring (bicyclic) bond motifs is 1. The van der Waals surface area contributed by atoms with E-state index in [1.165, 1.54) is 17.5 Å². The van der Waals surface area contributed by atoms with Gasteiger partial charge >= 0.3 is 0 Å². The van der Waals surface area contributed by atoms with Crippen LogP contribution in [0.1, 0.15) is 26.7 Å². The van der Waals surface area contributed by atoms with Crippen LogP contribution in [-0.4, -0.2) is 38.3 Å². The Kier molecular flexibility index (Phi) is 2.24. The molecule has 0 aromatic carbocycles. The second kappa shape index (κ2) is 3.65. The van der Waals surface area contributed by atoms with Crippen molar-refractivity contribution in [3.05, 3.63) is 12.1 Å². The van der Waals surface area contributed by atoms with Gasteiger partial charge in [-0.25, -0.2) is 0 Å². The average Bonchev–Trinajstić information content (AvgIpc) is 2.74. The molecular formula is C11H16N6. The maximum atomic E-state index is 4.43. The zero-order valence-electron chi connectivity index (χ0n) is 10.2. The number of anilines is 1. The Morgan fingerprint density at radius 2 is 2.18 bits per heavy atom. The fourth-order valence-corrected chi connectivity index (χ4v) is 2.43. The highest BCUT2D eigenvalue weighted by Crippen LogP contribution is 2.30. The summed E-state index contributed by atoms with van der Waals surface area (Å²) in [5.41, 5.74) is 1.04. The molecule has 6 heteroatoms. The number of tetrazole rings is 1. The van der Waals surface area contributed by atoms with Gasteiger partial charge in [-0.05, 0) is 40.8 Å². The summed E-state index contributed by atoms with van der Waals surface area (Å²) in [4.78, 5) is 2.31. The Balaban J connectivity index is 1.92. The average molecular weight is 232 g/mol. The van der Waals surface area contributed by atoms with Crippen molar-refractivity contribution in [3.8, 4) is 0 Å². The molecule has 0 saturated carbocycles. The molecule has 17 heavy (non-hydrogen) atoms. The van der Waals surface area contributed by atoms with E-state index in [4.69, 9.17) is 0 Å². The highest BCUT2D eigenvalue weighted by Gasteiger charge is 2.27. The van der Waals surface area contributed by atoms with Crippen LogP contribution in [0.15, 0.2) is 12.1 Å². The minimum atomic E-state index is 0.357. The highest BCUT2D eigenvalue weighted by atomic mass is 15.6. The summed E-state index contributed by atoms with van der Waals surface area (Å²) in [5.74, 6) is 0.956. The number of hydrogen-bond acceptors (Lipinski definition) is 5. The summed E-state index contributed by atoms with van der Waals surface area (Å²) in [7, 11) is 0. The van der Waals surface area contributed by atoms with Crippen LogP contribution in [0, 0.1) is 5.41 Å². The Bertz CT molecular complexity index is 531. The summed E-state index contributed by atoms with van der Waals surface area (Å²) >= 11 is 0. The van der Waals surface area contributed by atoms with Gasteiger partial charge in [0.2, 0.25) is 0 Å². The summed E-state index contributed by atoms with van der Waals surface area (Å²) in [5, 5.41) is 15.7. The van der Waals surface area contributed by atoms with Crippen LogP contribution in [0.4, 0.5) is 5.82 Å². The summed E-state index contributed by atoms with van der Waals surface area (Å²) < 4.78 is 1.48. The molecular weight excluding hydrogens is 216 g/mol. The van der Waals surface area contributed by atoms with E-state index in [9.17, 15) is 0 Å². The third-order valence-electron chi connectivity index (χ3n) is 3.28. The van der Waals surface area contributed by atoms with Crippen molar-refractivity contribution in [1.82, 2.24) is 25.3 Å². The molecule has 90 valence electrons. The van der Waals surface area contributed by atoms with Crippen LogP contribution in [0.5, 0.6) is 0 Å². The van der Waals surface area contributed by atoms with E-state index in [2.05, 4.69) is 39.4 Å². The maximum absolute atomic E-state index is 4.43. The lowest BCUT2D eigenvalue weighted by molar-refractivity contribution is 0.291. The summed E-state index contributed by atoms with van der Waals surface area (Å²) in [6.07, 6.45) is 2.49. The van der Waals surface area contributed by atoms with Crippen molar-refractivity contribution in [2.75, 3.05) is 18.0 Å². The Hall–Kier alpha value is -1.72.